The molecule has 24 heavy (non-hydrogen) atoms. The van der Waals surface area contributed by atoms with Crippen molar-refractivity contribution in [3.63, 3.8) is 0 Å². The molecule has 5 heteroatoms. The maximum atomic E-state index is 9.43. The van der Waals surface area contributed by atoms with E-state index in [1.807, 2.05) is 36.8 Å². The lowest BCUT2D eigenvalue weighted by atomic mass is 9.98. The molecule has 1 unspecified atom stereocenters. The lowest BCUT2D eigenvalue weighted by Crippen LogP contribution is -2.41. The summed E-state index contributed by atoms with van der Waals surface area (Å²) in [6.45, 7) is 12.0. The van der Waals surface area contributed by atoms with Crippen LogP contribution in [0, 0.1) is 11.3 Å². The largest absolute Gasteiger partial charge is 0.417 e. The average Bonchev–Trinajstić information content (AvgIpc) is 3.04. The van der Waals surface area contributed by atoms with E-state index in [1.165, 1.54) is 0 Å². The average molecular weight is 342 g/mol. The summed E-state index contributed by atoms with van der Waals surface area (Å²) in [7, 11) is -1.77. The molecule has 128 valence electrons. The highest BCUT2D eigenvalue weighted by molar-refractivity contribution is 6.74. The van der Waals surface area contributed by atoms with Crippen molar-refractivity contribution >= 4 is 8.32 Å². The van der Waals surface area contributed by atoms with Crippen LogP contribution in [0.25, 0.3) is 0 Å². The lowest BCUT2D eigenvalue weighted by Gasteiger charge is -2.36. The van der Waals surface area contributed by atoms with E-state index in [1.54, 1.807) is 6.20 Å². The molecule has 0 aliphatic rings. The molecule has 0 spiro atoms. The van der Waals surface area contributed by atoms with Gasteiger partial charge in [-0.15, -0.1) is 0 Å². The second-order valence-corrected chi connectivity index (χ2v) is 12.4. The fraction of sp³-hybridized carbons (Fsp3) is 0.474. The predicted molar refractivity (Wildman–Crippen MR) is 99.3 cm³/mol. The molecule has 1 aromatic carbocycles. The van der Waals surface area contributed by atoms with Crippen molar-refractivity contribution in [2.24, 2.45) is 0 Å². The van der Waals surface area contributed by atoms with Crippen LogP contribution in [-0.4, -0.2) is 24.5 Å². The molecule has 1 aromatic heterocycles. The molecule has 0 N–H and O–H groups in total. The quantitative estimate of drug-likeness (QED) is 0.712. The molecule has 0 saturated heterocycles. The summed E-state index contributed by atoms with van der Waals surface area (Å²) in [5.41, 5.74) is 1.74. The topological polar surface area (TPSA) is 50.8 Å². The number of imidazole rings is 1. The molecule has 2 rings (SSSR count). The summed E-state index contributed by atoms with van der Waals surface area (Å²) in [6.07, 6.45) is 6.36. The third-order valence-electron chi connectivity index (χ3n) is 4.99. The summed E-state index contributed by atoms with van der Waals surface area (Å²) in [5.74, 6) is 0. The van der Waals surface area contributed by atoms with Crippen LogP contribution in [0.1, 0.15) is 44.4 Å². The molecular formula is C19H27N3OSi. The molecule has 0 aliphatic carbocycles. The van der Waals surface area contributed by atoms with Gasteiger partial charge < -0.3 is 8.99 Å². The first-order valence-electron chi connectivity index (χ1n) is 8.37. The van der Waals surface area contributed by atoms with Gasteiger partial charge in [0.25, 0.3) is 0 Å². The summed E-state index contributed by atoms with van der Waals surface area (Å²) in [5, 5.41) is 9.62. The van der Waals surface area contributed by atoms with Gasteiger partial charge in [0.05, 0.1) is 24.0 Å². The second-order valence-electron chi connectivity index (χ2n) is 7.62. The first kappa shape index (κ1) is 18.4. The number of rotatable bonds is 6. The number of hydrogen-bond donors (Lipinski definition) is 0. The van der Waals surface area contributed by atoms with E-state index in [-0.39, 0.29) is 11.1 Å². The fourth-order valence-electron chi connectivity index (χ4n) is 2.45. The molecular weight excluding hydrogens is 314 g/mol. The fourth-order valence-corrected chi connectivity index (χ4v) is 3.51. The SMILES string of the molecule is CC(C)(C)[Si](C)(C)OCCC(c1ccccc1C#N)n1ccnc1. The Bertz CT molecular complexity index is 696. The van der Waals surface area contributed by atoms with Crippen LogP contribution in [0.3, 0.4) is 0 Å². The molecule has 0 amide bonds. The monoisotopic (exact) mass is 341 g/mol. The van der Waals surface area contributed by atoms with Gasteiger partial charge in [0.15, 0.2) is 8.32 Å². The number of hydrogen-bond acceptors (Lipinski definition) is 3. The molecule has 0 bridgehead atoms. The summed E-state index contributed by atoms with van der Waals surface area (Å²) in [4.78, 5) is 4.17. The van der Waals surface area contributed by atoms with Gasteiger partial charge in [0, 0.05) is 19.0 Å². The van der Waals surface area contributed by atoms with Crippen LogP contribution in [0.5, 0.6) is 0 Å². The van der Waals surface area contributed by atoms with Crippen molar-refractivity contribution in [2.75, 3.05) is 6.61 Å². The number of aromatic nitrogens is 2. The van der Waals surface area contributed by atoms with Crippen LogP contribution in [0.2, 0.25) is 18.1 Å². The van der Waals surface area contributed by atoms with Gasteiger partial charge in [0.2, 0.25) is 0 Å². The lowest BCUT2D eigenvalue weighted by molar-refractivity contribution is 0.264. The molecule has 0 radical (unpaired) electrons. The van der Waals surface area contributed by atoms with Gasteiger partial charge in [-0.3, -0.25) is 0 Å². The van der Waals surface area contributed by atoms with E-state index >= 15 is 0 Å². The predicted octanol–water partition coefficient (Wildman–Crippen LogP) is 4.76. The Morgan fingerprint density at radius 3 is 2.58 bits per heavy atom. The minimum Gasteiger partial charge on any atom is -0.417 e. The first-order chi connectivity index (χ1) is 11.3. The Morgan fingerprint density at radius 2 is 2.00 bits per heavy atom. The Labute approximate surface area is 146 Å². The van der Waals surface area contributed by atoms with Gasteiger partial charge in [-0.05, 0) is 36.2 Å². The Kier molecular flexibility index (Phi) is 5.63. The number of nitriles is 1. The highest BCUT2D eigenvalue weighted by Crippen LogP contribution is 2.37. The van der Waals surface area contributed by atoms with Crippen molar-refractivity contribution in [3.8, 4) is 6.07 Å². The van der Waals surface area contributed by atoms with Crippen LogP contribution >= 0.6 is 0 Å². The van der Waals surface area contributed by atoms with Crippen LogP contribution < -0.4 is 0 Å². The number of nitrogens with zero attached hydrogens (tertiary/aromatic N) is 3. The van der Waals surface area contributed by atoms with Crippen molar-refractivity contribution in [1.29, 1.82) is 5.26 Å². The summed E-state index contributed by atoms with van der Waals surface area (Å²) < 4.78 is 8.40. The van der Waals surface area contributed by atoms with E-state index in [9.17, 15) is 5.26 Å². The number of benzene rings is 1. The highest BCUT2D eigenvalue weighted by Gasteiger charge is 2.37. The second kappa shape index (κ2) is 7.33. The third-order valence-corrected chi connectivity index (χ3v) is 9.52. The molecule has 2 aromatic rings. The van der Waals surface area contributed by atoms with Crippen LogP contribution in [0.4, 0.5) is 0 Å². The van der Waals surface area contributed by atoms with Gasteiger partial charge in [-0.2, -0.15) is 5.26 Å². The van der Waals surface area contributed by atoms with Crippen LogP contribution in [-0.2, 0) is 4.43 Å². The van der Waals surface area contributed by atoms with E-state index < -0.39 is 8.32 Å². The van der Waals surface area contributed by atoms with E-state index in [2.05, 4.69) is 49.5 Å². The Hall–Kier alpha value is -1.90. The molecule has 1 heterocycles. The van der Waals surface area contributed by atoms with E-state index in [0.717, 1.165) is 12.0 Å². The Morgan fingerprint density at radius 1 is 1.29 bits per heavy atom. The standard InChI is InChI=1S/C19H27N3OSi/c1-19(2,3)24(4,5)23-13-10-18(22-12-11-21-15-22)17-9-7-6-8-16(17)14-20/h6-9,11-12,15,18H,10,13H2,1-5H3. The van der Waals surface area contributed by atoms with Crippen molar-refractivity contribution in [2.45, 2.75) is 51.4 Å². The molecule has 4 nitrogen and oxygen atoms in total. The Balaban J connectivity index is 2.19. The first-order valence-corrected chi connectivity index (χ1v) is 11.3. The maximum absolute atomic E-state index is 9.43. The van der Waals surface area contributed by atoms with E-state index in [4.69, 9.17) is 4.43 Å². The summed E-state index contributed by atoms with van der Waals surface area (Å²) in [6, 6.07) is 10.1. The molecule has 0 fully saturated rings. The maximum Gasteiger partial charge on any atom is 0.191 e. The third kappa shape index (κ3) is 4.14. The highest BCUT2D eigenvalue weighted by atomic mass is 28.4. The van der Waals surface area contributed by atoms with Gasteiger partial charge in [0.1, 0.15) is 0 Å². The minimum atomic E-state index is -1.77. The van der Waals surface area contributed by atoms with Crippen molar-refractivity contribution < 1.29 is 4.43 Å². The van der Waals surface area contributed by atoms with Crippen LogP contribution in [0.15, 0.2) is 43.0 Å². The zero-order valence-electron chi connectivity index (χ0n) is 15.3. The smallest absolute Gasteiger partial charge is 0.191 e. The summed E-state index contributed by atoms with van der Waals surface area (Å²) >= 11 is 0. The van der Waals surface area contributed by atoms with Gasteiger partial charge >= 0.3 is 0 Å². The van der Waals surface area contributed by atoms with Crippen molar-refractivity contribution in [1.82, 2.24) is 9.55 Å². The van der Waals surface area contributed by atoms with Gasteiger partial charge in [-0.25, -0.2) is 4.98 Å². The molecule has 0 saturated carbocycles. The van der Waals surface area contributed by atoms with Gasteiger partial charge in [-0.1, -0.05) is 39.0 Å². The molecule has 0 aliphatic heterocycles. The zero-order valence-corrected chi connectivity index (χ0v) is 16.3. The molecule has 1 atom stereocenters. The minimum absolute atomic E-state index is 0.0631. The van der Waals surface area contributed by atoms with Crippen molar-refractivity contribution in [3.05, 3.63) is 54.1 Å². The normalized spacial score (nSPS) is 13.5. The zero-order chi connectivity index (χ0) is 17.8. The van der Waals surface area contributed by atoms with E-state index in [0.29, 0.717) is 12.2 Å².